The normalized spacial score (nSPS) is 8.12. The summed E-state index contributed by atoms with van der Waals surface area (Å²) < 4.78 is 9.73. The van der Waals surface area contributed by atoms with E-state index in [4.69, 9.17) is 0 Å². The molecule has 8 heavy (non-hydrogen) atoms. The fourth-order valence-corrected chi connectivity index (χ4v) is 0.570. The summed E-state index contributed by atoms with van der Waals surface area (Å²) >= 11 is 0. The van der Waals surface area contributed by atoms with Crippen LogP contribution in [0.4, 0.5) is 0 Å². The average molecular weight is 131 g/mol. The topological polar surface area (TPSA) is 29.1 Å². The molecular weight excluding hydrogens is 121 g/mol. The van der Waals surface area contributed by atoms with Gasteiger partial charge in [0.15, 0.2) is 0 Å². The molecule has 0 bridgehead atoms. The molecular formula is C5H10NOP. The van der Waals surface area contributed by atoms with Crippen molar-refractivity contribution < 1.29 is 4.57 Å². The van der Waals surface area contributed by atoms with Gasteiger partial charge in [-0.1, -0.05) is 0 Å². The van der Waals surface area contributed by atoms with Gasteiger partial charge < -0.3 is 0 Å². The van der Waals surface area contributed by atoms with Crippen molar-refractivity contribution >= 4 is 7.92 Å². The van der Waals surface area contributed by atoms with Crippen molar-refractivity contribution in [3.63, 3.8) is 0 Å². The van der Waals surface area contributed by atoms with Crippen molar-refractivity contribution in [2.24, 2.45) is 0 Å². The van der Waals surface area contributed by atoms with Crippen molar-refractivity contribution in [2.45, 2.75) is 13.3 Å². The Morgan fingerprint density at radius 3 is 3.00 bits per heavy atom. The summed E-state index contributed by atoms with van der Waals surface area (Å²) in [6.45, 7) is 3.89. The second-order valence-corrected chi connectivity index (χ2v) is 1.85. The molecule has 0 aliphatic carbocycles. The SMILES string of the molecule is CCNCCC#P=O. The summed E-state index contributed by atoms with van der Waals surface area (Å²) in [4.78, 5) is 0. The Morgan fingerprint density at radius 1 is 1.75 bits per heavy atom. The summed E-state index contributed by atoms with van der Waals surface area (Å²) in [5.41, 5.74) is 2.64. The quantitative estimate of drug-likeness (QED) is 0.461. The molecule has 1 N–H and O–H groups in total. The van der Waals surface area contributed by atoms with E-state index < -0.39 is 0 Å². The third-order valence-electron chi connectivity index (χ3n) is 0.728. The van der Waals surface area contributed by atoms with Gasteiger partial charge in [0.1, 0.15) is 0 Å². The van der Waals surface area contributed by atoms with Gasteiger partial charge in [0.25, 0.3) is 0 Å². The molecule has 0 amide bonds. The van der Waals surface area contributed by atoms with E-state index in [-0.39, 0.29) is 7.92 Å². The Bertz CT molecular complexity index is 126. The van der Waals surface area contributed by atoms with Gasteiger partial charge in [-0.05, 0) is 0 Å². The molecule has 0 saturated carbocycles. The second kappa shape index (κ2) is 6.97. The van der Waals surface area contributed by atoms with E-state index in [9.17, 15) is 4.57 Å². The van der Waals surface area contributed by atoms with E-state index in [1.165, 1.54) is 0 Å². The Morgan fingerprint density at radius 2 is 2.50 bits per heavy atom. The van der Waals surface area contributed by atoms with Crippen LogP contribution in [0.15, 0.2) is 0 Å². The fraction of sp³-hybridized carbons (Fsp3) is 0.800. The first-order chi connectivity index (χ1) is 3.91. The Hall–Kier alpha value is -0.0300. The Balaban J connectivity index is 2.90. The summed E-state index contributed by atoms with van der Waals surface area (Å²) in [5.74, 6) is 0. The van der Waals surface area contributed by atoms with Crippen molar-refractivity contribution in [1.82, 2.24) is 5.32 Å². The molecule has 3 heteroatoms. The Kier molecular flexibility index (Phi) is 6.94. The molecule has 0 atom stereocenters. The molecule has 0 fully saturated rings. The first-order valence-corrected chi connectivity index (χ1v) is 3.49. The molecule has 0 aromatic heterocycles. The van der Waals surface area contributed by atoms with Crippen LogP contribution in [0.5, 0.6) is 0 Å². The maximum atomic E-state index is 9.73. The van der Waals surface area contributed by atoms with Crippen LogP contribution in [-0.4, -0.2) is 13.1 Å². The maximum absolute atomic E-state index is 9.73. The fourth-order valence-electron chi connectivity index (χ4n) is 0.367. The van der Waals surface area contributed by atoms with Crippen LogP contribution in [0.3, 0.4) is 0 Å². The van der Waals surface area contributed by atoms with Gasteiger partial charge in [-0.25, -0.2) is 0 Å². The molecule has 0 aliphatic rings. The zero-order valence-corrected chi connectivity index (χ0v) is 5.87. The van der Waals surface area contributed by atoms with E-state index in [2.05, 4.69) is 10.9 Å². The molecule has 0 aromatic rings. The van der Waals surface area contributed by atoms with E-state index in [1.54, 1.807) is 0 Å². The van der Waals surface area contributed by atoms with Crippen LogP contribution in [0.25, 0.3) is 0 Å². The van der Waals surface area contributed by atoms with Crippen LogP contribution in [0.2, 0.25) is 0 Å². The van der Waals surface area contributed by atoms with Crippen LogP contribution >= 0.6 is 7.92 Å². The summed E-state index contributed by atoms with van der Waals surface area (Å²) in [7, 11) is 0.0206. The van der Waals surface area contributed by atoms with Crippen molar-refractivity contribution in [3.8, 4) is 5.63 Å². The first kappa shape index (κ1) is 7.97. The molecule has 0 radical (unpaired) electrons. The van der Waals surface area contributed by atoms with Gasteiger partial charge in [0.2, 0.25) is 0 Å². The van der Waals surface area contributed by atoms with Gasteiger partial charge in [-0.2, -0.15) is 0 Å². The molecule has 0 aliphatic heterocycles. The third-order valence-corrected chi connectivity index (χ3v) is 1.08. The number of rotatable bonds is 3. The van der Waals surface area contributed by atoms with E-state index in [1.807, 2.05) is 6.92 Å². The first-order valence-electron chi connectivity index (χ1n) is 2.67. The van der Waals surface area contributed by atoms with Crippen LogP contribution in [-0.2, 0) is 4.57 Å². The van der Waals surface area contributed by atoms with E-state index in [0.717, 1.165) is 19.5 Å². The van der Waals surface area contributed by atoms with Crippen molar-refractivity contribution in [1.29, 1.82) is 0 Å². The summed E-state index contributed by atoms with van der Waals surface area (Å²) in [5, 5.41) is 3.08. The van der Waals surface area contributed by atoms with Crippen LogP contribution < -0.4 is 5.32 Å². The van der Waals surface area contributed by atoms with Gasteiger partial charge in [-0.15, -0.1) is 0 Å². The molecule has 0 aromatic carbocycles. The third kappa shape index (κ3) is 5.97. The standard InChI is InChI=1S/C5H10NOP/c1-2-6-4-3-5-8-7/h6H,2-4H2,1H3. The van der Waals surface area contributed by atoms with Gasteiger partial charge >= 0.3 is 49.9 Å². The van der Waals surface area contributed by atoms with Crippen molar-refractivity contribution in [3.05, 3.63) is 0 Å². The number of hydrogen-bond donors (Lipinski definition) is 1. The molecule has 0 rings (SSSR count). The molecule has 46 valence electrons. The average Bonchev–Trinajstić information content (AvgIpc) is 1.81. The minimum absolute atomic E-state index is 0.0206. The molecule has 0 heterocycles. The van der Waals surface area contributed by atoms with E-state index in [0.29, 0.717) is 0 Å². The van der Waals surface area contributed by atoms with Gasteiger partial charge in [0.05, 0.1) is 0 Å². The van der Waals surface area contributed by atoms with Crippen LogP contribution in [0.1, 0.15) is 13.3 Å². The monoisotopic (exact) mass is 131 g/mol. The van der Waals surface area contributed by atoms with Gasteiger partial charge in [-0.3, -0.25) is 0 Å². The molecule has 0 unspecified atom stereocenters. The summed E-state index contributed by atoms with van der Waals surface area (Å²) in [6.07, 6.45) is 0.763. The molecule has 0 saturated heterocycles. The van der Waals surface area contributed by atoms with Gasteiger partial charge in [0, 0.05) is 0 Å². The van der Waals surface area contributed by atoms with Crippen molar-refractivity contribution in [2.75, 3.05) is 13.1 Å². The Labute approximate surface area is 50.8 Å². The number of hydrogen-bond acceptors (Lipinski definition) is 2. The zero-order chi connectivity index (χ0) is 6.24. The minimum atomic E-state index is 0.0206. The summed E-state index contributed by atoms with van der Waals surface area (Å²) in [6, 6.07) is 0. The molecule has 0 spiro atoms. The predicted molar refractivity (Wildman–Crippen MR) is 34.7 cm³/mol. The van der Waals surface area contributed by atoms with Crippen LogP contribution in [0, 0.1) is 5.63 Å². The number of nitrogens with one attached hydrogen (secondary N) is 1. The molecule has 2 nitrogen and oxygen atoms in total. The second-order valence-electron chi connectivity index (χ2n) is 1.35. The predicted octanol–water partition coefficient (Wildman–Crippen LogP) is 1.24. The van der Waals surface area contributed by atoms with E-state index >= 15 is 0 Å². The zero-order valence-electron chi connectivity index (χ0n) is 4.98.